The Labute approximate surface area is 99.2 Å². The van der Waals surface area contributed by atoms with Crippen LogP contribution in [-0.4, -0.2) is 22.9 Å². The summed E-state index contributed by atoms with van der Waals surface area (Å²) in [5, 5.41) is -0.129. The standard InChI is InChI=1S/C12H14O3S/c1-12(2,11(14)15-3)16-10(13)9-7-5-4-6-8-9/h4-8H,1-3H3. The molecule has 0 saturated carbocycles. The zero-order valence-electron chi connectivity index (χ0n) is 9.52. The number of rotatable bonds is 3. The first-order valence-electron chi connectivity index (χ1n) is 4.84. The van der Waals surface area contributed by atoms with E-state index in [2.05, 4.69) is 4.74 Å². The zero-order valence-corrected chi connectivity index (χ0v) is 10.3. The summed E-state index contributed by atoms with van der Waals surface area (Å²) < 4.78 is 3.78. The Balaban J connectivity index is 2.76. The summed E-state index contributed by atoms with van der Waals surface area (Å²) in [6, 6.07) is 8.87. The Kier molecular flexibility index (Phi) is 4.12. The van der Waals surface area contributed by atoms with E-state index < -0.39 is 10.7 Å². The minimum Gasteiger partial charge on any atom is -0.468 e. The van der Waals surface area contributed by atoms with Crippen molar-refractivity contribution in [2.75, 3.05) is 7.11 Å². The molecular formula is C12H14O3S. The van der Waals surface area contributed by atoms with Crippen LogP contribution in [0.1, 0.15) is 24.2 Å². The average molecular weight is 238 g/mol. The predicted molar refractivity (Wildman–Crippen MR) is 64.5 cm³/mol. The van der Waals surface area contributed by atoms with E-state index in [0.29, 0.717) is 5.56 Å². The zero-order chi connectivity index (χ0) is 12.2. The van der Waals surface area contributed by atoms with Crippen LogP contribution in [0.3, 0.4) is 0 Å². The third-order valence-corrected chi connectivity index (χ3v) is 3.13. The van der Waals surface area contributed by atoms with E-state index >= 15 is 0 Å². The van der Waals surface area contributed by atoms with Gasteiger partial charge in [0.15, 0.2) is 0 Å². The maximum absolute atomic E-state index is 11.8. The summed E-state index contributed by atoms with van der Waals surface area (Å²) in [7, 11) is 1.32. The highest BCUT2D eigenvalue weighted by Gasteiger charge is 2.32. The Bertz CT molecular complexity index is 385. The second-order valence-corrected chi connectivity index (χ2v) is 5.35. The molecule has 0 spiro atoms. The van der Waals surface area contributed by atoms with Gasteiger partial charge in [-0.2, -0.15) is 0 Å². The molecule has 3 nitrogen and oxygen atoms in total. The molecule has 0 aromatic heterocycles. The molecule has 1 aromatic rings. The van der Waals surface area contributed by atoms with Gasteiger partial charge in [0.25, 0.3) is 0 Å². The third-order valence-electron chi connectivity index (χ3n) is 2.03. The summed E-state index contributed by atoms with van der Waals surface area (Å²) in [6.07, 6.45) is 0. The van der Waals surface area contributed by atoms with Gasteiger partial charge in [-0.3, -0.25) is 9.59 Å². The van der Waals surface area contributed by atoms with Crippen molar-refractivity contribution >= 4 is 22.8 Å². The lowest BCUT2D eigenvalue weighted by molar-refractivity contribution is -0.142. The summed E-state index contributed by atoms with van der Waals surface area (Å²) >= 11 is 0.974. The highest BCUT2D eigenvalue weighted by atomic mass is 32.2. The van der Waals surface area contributed by atoms with E-state index in [9.17, 15) is 9.59 Å². The topological polar surface area (TPSA) is 43.4 Å². The monoisotopic (exact) mass is 238 g/mol. The number of hydrogen-bond donors (Lipinski definition) is 0. The number of hydrogen-bond acceptors (Lipinski definition) is 4. The highest BCUT2D eigenvalue weighted by molar-refractivity contribution is 8.15. The van der Waals surface area contributed by atoms with Gasteiger partial charge in [-0.15, -0.1) is 0 Å². The van der Waals surface area contributed by atoms with E-state index in [1.807, 2.05) is 6.07 Å². The molecule has 0 saturated heterocycles. The van der Waals surface area contributed by atoms with Crippen molar-refractivity contribution in [2.24, 2.45) is 0 Å². The molecule has 86 valence electrons. The molecule has 0 aliphatic rings. The van der Waals surface area contributed by atoms with E-state index in [1.165, 1.54) is 7.11 Å². The maximum atomic E-state index is 11.8. The largest absolute Gasteiger partial charge is 0.468 e. The molecule has 1 rings (SSSR count). The smallest absolute Gasteiger partial charge is 0.321 e. The van der Waals surface area contributed by atoms with Gasteiger partial charge in [0.2, 0.25) is 5.12 Å². The summed E-state index contributed by atoms with van der Waals surface area (Å²) in [6.45, 7) is 3.34. The molecule has 0 atom stereocenters. The predicted octanol–water partition coefficient (Wildman–Crippen LogP) is 2.51. The Morgan fingerprint density at radius 1 is 1.19 bits per heavy atom. The number of methoxy groups -OCH3 is 1. The minimum atomic E-state index is -0.859. The van der Waals surface area contributed by atoms with Crippen LogP contribution < -0.4 is 0 Å². The highest BCUT2D eigenvalue weighted by Crippen LogP contribution is 2.29. The summed E-state index contributed by atoms with van der Waals surface area (Å²) in [5.41, 5.74) is 0.587. The van der Waals surface area contributed by atoms with Gasteiger partial charge in [0.1, 0.15) is 4.75 Å². The van der Waals surface area contributed by atoms with Gasteiger partial charge in [-0.1, -0.05) is 42.1 Å². The lowest BCUT2D eigenvalue weighted by Crippen LogP contribution is -2.30. The van der Waals surface area contributed by atoms with Crippen molar-refractivity contribution in [1.82, 2.24) is 0 Å². The first kappa shape index (κ1) is 12.8. The van der Waals surface area contributed by atoms with Crippen LogP contribution >= 0.6 is 11.8 Å². The lowest BCUT2D eigenvalue weighted by Gasteiger charge is -2.19. The molecule has 4 heteroatoms. The minimum absolute atomic E-state index is 0.129. The molecule has 0 bridgehead atoms. The molecule has 0 aliphatic carbocycles. The second-order valence-electron chi connectivity index (χ2n) is 3.76. The molecule has 0 fully saturated rings. The van der Waals surface area contributed by atoms with Gasteiger partial charge in [-0.05, 0) is 13.8 Å². The fraction of sp³-hybridized carbons (Fsp3) is 0.333. The Hall–Kier alpha value is -1.29. The van der Waals surface area contributed by atoms with E-state index in [-0.39, 0.29) is 5.12 Å². The van der Waals surface area contributed by atoms with E-state index in [0.717, 1.165) is 11.8 Å². The summed E-state index contributed by atoms with van der Waals surface area (Å²) in [4.78, 5) is 23.2. The van der Waals surface area contributed by atoms with Crippen LogP contribution in [0.5, 0.6) is 0 Å². The van der Waals surface area contributed by atoms with Crippen LogP contribution in [0.15, 0.2) is 30.3 Å². The van der Waals surface area contributed by atoms with Crippen molar-refractivity contribution in [1.29, 1.82) is 0 Å². The number of carbonyl (C=O) groups is 2. The SMILES string of the molecule is COC(=O)C(C)(C)SC(=O)c1ccccc1. The van der Waals surface area contributed by atoms with Gasteiger partial charge in [-0.25, -0.2) is 0 Å². The van der Waals surface area contributed by atoms with Crippen molar-refractivity contribution < 1.29 is 14.3 Å². The van der Waals surface area contributed by atoms with Crippen molar-refractivity contribution in [3.8, 4) is 0 Å². The molecule has 0 unspecified atom stereocenters. The van der Waals surface area contributed by atoms with Gasteiger partial charge in [0.05, 0.1) is 7.11 Å². The van der Waals surface area contributed by atoms with Crippen molar-refractivity contribution in [3.63, 3.8) is 0 Å². The van der Waals surface area contributed by atoms with Crippen LogP contribution in [0.25, 0.3) is 0 Å². The van der Waals surface area contributed by atoms with Gasteiger partial charge in [0, 0.05) is 5.56 Å². The number of ether oxygens (including phenoxy) is 1. The van der Waals surface area contributed by atoms with Crippen LogP contribution in [0.2, 0.25) is 0 Å². The van der Waals surface area contributed by atoms with Crippen molar-refractivity contribution in [3.05, 3.63) is 35.9 Å². The fourth-order valence-electron chi connectivity index (χ4n) is 1.15. The first-order chi connectivity index (χ1) is 7.47. The summed E-state index contributed by atoms with van der Waals surface area (Å²) in [5.74, 6) is -0.401. The molecule has 16 heavy (non-hydrogen) atoms. The normalized spacial score (nSPS) is 10.9. The van der Waals surface area contributed by atoms with E-state index in [4.69, 9.17) is 0 Å². The third kappa shape index (κ3) is 3.10. The molecule has 1 aromatic carbocycles. The van der Waals surface area contributed by atoms with Crippen LogP contribution in [0, 0.1) is 0 Å². The van der Waals surface area contributed by atoms with Gasteiger partial charge >= 0.3 is 5.97 Å². The molecular weight excluding hydrogens is 224 g/mol. The average Bonchev–Trinajstić information content (AvgIpc) is 2.28. The Morgan fingerprint density at radius 3 is 2.25 bits per heavy atom. The number of esters is 1. The van der Waals surface area contributed by atoms with Crippen molar-refractivity contribution in [2.45, 2.75) is 18.6 Å². The quantitative estimate of drug-likeness (QED) is 0.759. The fourth-order valence-corrected chi connectivity index (χ4v) is 2.04. The first-order valence-corrected chi connectivity index (χ1v) is 5.66. The van der Waals surface area contributed by atoms with Gasteiger partial charge < -0.3 is 4.74 Å². The van der Waals surface area contributed by atoms with Crippen LogP contribution in [-0.2, 0) is 9.53 Å². The molecule has 0 N–H and O–H groups in total. The molecule has 0 heterocycles. The molecule has 0 aliphatic heterocycles. The number of benzene rings is 1. The number of carbonyl (C=O) groups excluding carboxylic acids is 2. The maximum Gasteiger partial charge on any atom is 0.321 e. The second kappa shape index (κ2) is 5.16. The molecule has 0 radical (unpaired) electrons. The number of thioether (sulfide) groups is 1. The lowest BCUT2D eigenvalue weighted by atomic mass is 10.2. The Morgan fingerprint density at radius 2 is 1.75 bits per heavy atom. The van der Waals surface area contributed by atoms with E-state index in [1.54, 1.807) is 38.1 Å². The molecule has 0 amide bonds. The van der Waals surface area contributed by atoms with Crippen LogP contribution in [0.4, 0.5) is 0 Å².